The molecule has 110 valence electrons. The molecular weight excluding hydrogens is 336 g/mol. The van der Waals surface area contributed by atoms with Crippen molar-refractivity contribution in [3.8, 4) is 0 Å². The molecule has 2 aromatic rings. The average Bonchev–Trinajstić information content (AvgIpc) is 2.97. The van der Waals surface area contributed by atoms with Crippen molar-refractivity contribution < 1.29 is 0 Å². The zero-order chi connectivity index (χ0) is 14.7. The standard InChI is InChI=1S/C14H21BrN4S/c1-10-5-8-20-14(10)12(16-2)13-11(15)9-17-19(13)7-6-18(3)4/h5,8-9,12,16H,6-7H2,1-4H3. The maximum atomic E-state index is 4.50. The maximum Gasteiger partial charge on any atom is 0.0853 e. The van der Waals surface area contributed by atoms with Crippen LogP contribution in [0.1, 0.15) is 22.2 Å². The lowest BCUT2D eigenvalue weighted by molar-refractivity contribution is 0.366. The summed E-state index contributed by atoms with van der Waals surface area (Å²) in [7, 11) is 6.16. The van der Waals surface area contributed by atoms with Gasteiger partial charge in [-0.3, -0.25) is 4.68 Å². The van der Waals surface area contributed by atoms with Crippen LogP contribution >= 0.6 is 27.3 Å². The molecule has 1 unspecified atom stereocenters. The number of hydrogen-bond acceptors (Lipinski definition) is 4. The Morgan fingerprint density at radius 2 is 2.25 bits per heavy atom. The van der Waals surface area contributed by atoms with Crippen LogP contribution in [0.3, 0.4) is 0 Å². The Labute approximate surface area is 132 Å². The van der Waals surface area contributed by atoms with Crippen molar-refractivity contribution in [2.75, 3.05) is 27.7 Å². The van der Waals surface area contributed by atoms with Crippen molar-refractivity contribution in [3.05, 3.63) is 38.3 Å². The molecule has 0 aliphatic rings. The number of thiophene rings is 1. The van der Waals surface area contributed by atoms with E-state index in [1.807, 2.05) is 13.2 Å². The van der Waals surface area contributed by atoms with Gasteiger partial charge in [-0.15, -0.1) is 11.3 Å². The van der Waals surface area contributed by atoms with E-state index in [4.69, 9.17) is 0 Å². The number of aromatic nitrogens is 2. The molecule has 2 heterocycles. The van der Waals surface area contributed by atoms with Crippen LogP contribution in [0.4, 0.5) is 0 Å². The summed E-state index contributed by atoms with van der Waals surface area (Å²) in [6.45, 7) is 4.02. The molecule has 0 spiro atoms. The van der Waals surface area contributed by atoms with Gasteiger partial charge in [-0.05, 0) is 61.0 Å². The summed E-state index contributed by atoms with van der Waals surface area (Å²) >= 11 is 5.43. The van der Waals surface area contributed by atoms with Crippen LogP contribution in [-0.2, 0) is 6.54 Å². The van der Waals surface area contributed by atoms with Crippen molar-refractivity contribution >= 4 is 27.3 Å². The largest absolute Gasteiger partial charge is 0.308 e. The first-order valence-corrected chi connectivity index (χ1v) is 8.29. The molecule has 1 N–H and O–H groups in total. The first-order chi connectivity index (χ1) is 9.54. The van der Waals surface area contributed by atoms with E-state index >= 15 is 0 Å². The Hall–Kier alpha value is -0.690. The summed E-state index contributed by atoms with van der Waals surface area (Å²) in [6.07, 6.45) is 1.89. The first kappa shape index (κ1) is 15.7. The molecule has 0 aliphatic carbocycles. The lowest BCUT2D eigenvalue weighted by atomic mass is 10.1. The highest BCUT2D eigenvalue weighted by molar-refractivity contribution is 9.10. The lowest BCUT2D eigenvalue weighted by Crippen LogP contribution is -2.25. The Balaban J connectivity index is 2.34. The van der Waals surface area contributed by atoms with Gasteiger partial charge in [-0.25, -0.2) is 0 Å². The van der Waals surface area contributed by atoms with Gasteiger partial charge in [0.05, 0.1) is 29.0 Å². The van der Waals surface area contributed by atoms with Crippen molar-refractivity contribution in [3.63, 3.8) is 0 Å². The summed E-state index contributed by atoms with van der Waals surface area (Å²) in [5, 5.41) is 10.1. The van der Waals surface area contributed by atoms with Crippen LogP contribution in [0, 0.1) is 6.92 Å². The van der Waals surface area contributed by atoms with Gasteiger partial charge in [-0.2, -0.15) is 5.10 Å². The molecular formula is C14H21BrN4S. The normalized spacial score (nSPS) is 13.1. The number of halogens is 1. The highest BCUT2D eigenvalue weighted by Crippen LogP contribution is 2.33. The Bertz CT molecular complexity index is 561. The number of nitrogens with zero attached hydrogens (tertiary/aromatic N) is 3. The number of likely N-dealkylation sites (N-methyl/N-ethyl adjacent to an activating group) is 1. The minimum Gasteiger partial charge on any atom is -0.308 e. The van der Waals surface area contributed by atoms with E-state index < -0.39 is 0 Å². The van der Waals surface area contributed by atoms with Gasteiger partial charge < -0.3 is 10.2 Å². The number of rotatable bonds is 6. The zero-order valence-electron chi connectivity index (χ0n) is 12.4. The Morgan fingerprint density at radius 1 is 1.50 bits per heavy atom. The Kier molecular flexibility index (Phi) is 5.37. The SMILES string of the molecule is CNC(c1sccc1C)c1c(Br)cnn1CCN(C)C. The predicted molar refractivity (Wildman–Crippen MR) is 88.4 cm³/mol. The van der Waals surface area contributed by atoms with E-state index in [9.17, 15) is 0 Å². The molecule has 0 aliphatic heterocycles. The predicted octanol–water partition coefficient (Wildman–Crippen LogP) is 2.89. The van der Waals surface area contributed by atoms with Gasteiger partial charge in [0.2, 0.25) is 0 Å². The molecule has 6 heteroatoms. The van der Waals surface area contributed by atoms with Crippen LogP contribution in [0.15, 0.2) is 22.1 Å². The van der Waals surface area contributed by atoms with Crippen LogP contribution in [-0.4, -0.2) is 42.4 Å². The first-order valence-electron chi connectivity index (χ1n) is 6.61. The van der Waals surface area contributed by atoms with Crippen LogP contribution in [0.2, 0.25) is 0 Å². The van der Waals surface area contributed by atoms with E-state index in [-0.39, 0.29) is 6.04 Å². The van der Waals surface area contributed by atoms with Gasteiger partial charge >= 0.3 is 0 Å². The monoisotopic (exact) mass is 356 g/mol. The fraction of sp³-hybridized carbons (Fsp3) is 0.500. The van der Waals surface area contributed by atoms with Gasteiger partial charge in [0.1, 0.15) is 0 Å². The maximum absolute atomic E-state index is 4.50. The summed E-state index contributed by atoms with van der Waals surface area (Å²) < 4.78 is 3.15. The fourth-order valence-electron chi connectivity index (χ4n) is 2.20. The molecule has 2 rings (SSSR count). The molecule has 0 saturated carbocycles. The van der Waals surface area contributed by atoms with Crippen LogP contribution < -0.4 is 5.32 Å². The number of nitrogens with one attached hydrogen (secondary N) is 1. The minimum absolute atomic E-state index is 0.175. The highest BCUT2D eigenvalue weighted by Gasteiger charge is 2.22. The van der Waals surface area contributed by atoms with Crippen molar-refractivity contribution in [2.45, 2.75) is 19.5 Å². The summed E-state index contributed by atoms with van der Waals surface area (Å²) in [6, 6.07) is 2.34. The average molecular weight is 357 g/mol. The smallest absolute Gasteiger partial charge is 0.0853 e. The van der Waals surface area contributed by atoms with Gasteiger partial charge in [-0.1, -0.05) is 0 Å². The third-order valence-corrected chi connectivity index (χ3v) is 5.01. The highest BCUT2D eigenvalue weighted by atomic mass is 79.9. The van der Waals surface area contributed by atoms with Gasteiger partial charge in [0.25, 0.3) is 0 Å². The van der Waals surface area contributed by atoms with E-state index in [1.54, 1.807) is 11.3 Å². The topological polar surface area (TPSA) is 33.1 Å². The second-order valence-corrected chi connectivity index (χ2v) is 6.90. The molecule has 4 nitrogen and oxygen atoms in total. The molecule has 0 amide bonds. The second kappa shape index (κ2) is 6.85. The van der Waals surface area contributed by atoms with E-state index in [1.165, 1.54) is 16.1 Å². The lowest BCUT2D eigenvalue weighted by Gasteiger charge is -2.20. The van der Waals surface area contributed by atoms with E-state index in [0.717, 1.165) is 17.6 Å². The summed E-state index contributed by atoms with van der Waals surface area (Å²) in [5.74, 6) is 0. The van der Waals surface area contributed by atoms with E-state index in [0.29, 0.717) is 0 Å². The summed E-state index contributed by atoms with van der Waals surface area (Å²) in [5.41, 5.74) is 2.52. The number of aryl methyl sites for hydroxylation is 1. The van der Waals surface area contributed by atoms with Crippen molar-refractivity contribution in [1.82, 2.24) is 20.0 Å². The Morgan fingerprint density at radius 3 is 2.80 bits per heavy atom. The molecule has 20 heavy (non-hydrogen) atoms. The fourth-order valence-corrected chi connectivity index (χ4v) is 3.77. The molecule has 0 radical (unpaired) electrons. The molecule has 0 fully saturated rings. The second-order valence-electron chi connectivity index (χ2n) is 5.09. The van der Waals surface area contributed by atoms with Crippen LogP contribution in [0.25, 0.3) is 0 Å². The van der Waals surface area contributed by atoms with Gasteiger partial charge in [0, 0.05) is 11.4 Å². The quantitative estimate of drug-likeness (QED) is 0.863. The van der Waals surface area contributed by atoms with Gasteiger partial charge in [0.15, 0.2) is 0 Å². The van der Waals surface area contributed by atoms with Crippen molar-refractivity contribution in [1.29, 1.82) is 0 Å². The minimum atomic E-state index is 0.175. The molecule has 0 aromatic carbocycles. The molecule has 2 aromatic heterocycles. The molecule has 0 bridgehead atoms. The van der Waals surface area contributed by atoms with E-state index in [2.05, 4.69) is 68.4 Å². The zero-order valence-corrected chi connectivity index (χ0v) is 14.8. The summed E-state index contributed by atoms with van der Waals surface area (Å²) in [4.78, 5) is 3.52. The number of hydrogen-bond donors (Lipinski definition) is 1. The van der Waals surface area contributed by atoms with Crippen LogP contribution in [0.5, 0.6) is 0 Å². The van der Waals surface area contributed by atoms with Crippen molar-refractivity contribution in [2.24, 2.45) is 0 Å². The third-order valence-electron chi connectivity index (χ3n) is 3.32. The third kappa shape index (κ3) is 3.31. The molecule has 0 saturated heterocycles. The molecule has 1 atom stereocenters.